The molecular formula is C21H26N2. The first-order valence-corrected chi connectivity index (χ1v) is 9.07. The van der Waals surface area contributed by atoms with E-state index in [2.05, 4.69) is 58.3 Å². The van der Waals surface area contributed by atoms with Gasteiger partial charge in [-0.2, -0.15) is 0 Å². The molecule has 2 fully saturated rings. The Balaban J connectivity index is 1.66. The lowest BCUT2D eigenvalue weighted by Gasteiger charge is -2.25. The van der Waals surface area contributed by atoms with Crippen molar-refractivity contribution in [2.45, 2.75) is 32.1 Å². The first kappa shape index (κ1) is 14.6. The smallest absolute Gasteiger partial charge is 0.0422 e. The number of rotatable bonds is 4. The molecule has 0 bridgehead atoms. The van der Waals surface area contributed by atoms with Gasteiger partial charge in [-0.15, -0.1) is 0 Å². The number of anilines is 2. The second-order valence-electron chi connectivity index (χ2n) is 6.86. The van der Waals surface area contributed by atoms with E-state index in [1.165, 1.54) is 74.4 Å². The fourth-order valence-electron chi connectivity index (χ4n) is 3.94. The summed E-state index contributed by atoms with van der Waals surface area (Å²) < 4.78 is 0. The minimum Gasteiger partial charge on any atom is -0.371 e. The van der Waals surface area contributed by atoms with Gasteiger partial charge in [-0.05, 0) is 55.4 Å². The van der Waals surface area contributed by atoms with Crippen molar-refractivity contribution in [3.05, 3.63) is 59.7 Å². The average molecular weight is 306 g/mol. The Morgan fingerprint density at radius 2 is 1.35 bits per heavy atom. The lowest BCUT2D eigenvalue weighted by atomic mass is 10.0. The molecule has 0 aromatic heterocycles. The van der Waals surface area contributed by atoms with E-state index in [9.17, 15) is 0 Å². The van der Waals surface area contributed by atoms with Gasteiger partial charge in [0.15, 0.2) is 0 Å². The van der Waals surface area contributed by atoms with E-state index in [4.69, 9.17) is 0 Å². The first-order chi connectivity index (χ1) is 11.4. The van der Waals surface area contributed by atoms with Gasteiger partial charge < -0.3 is 9.80 Å². The van der Waals surface area contributed by atoms with E-state index in [0.29, 0.717) is 0 Å². The van der Waals surface area contributed by atoms with Crippen molar-refractivity contribution in [3.63, 3.8) is 0 Å². The van der Waals surface area contributed by atoms with Gasteiger partial charge in [0.2, 0.25) is 0 Å². The highest BCUT2D eigenvalue weighted by atomic mass is 15.2. The van der Waals surface area contributed by atoms with Crippen molar-refractivity contribution in [2.75, 3.05) is 36.0 Å². The number of hydrogen-bond acceptors (Lipinski definition) is 2. The maximum Gasteiger partial charge on any atom is 0.0422 e. The molecule has 0 unspecified atom stereocenters. The molecule has 2 saturated heterocycles. The topological polar surface area (TPSA) is 6.48 Å². The van der Waals surface area contributed by atoms with Gasteiger partial charge in [-0.25, -0.2) is 0 Å². The second kappa shape index (κ2) is 6.66. The summed E-state index contributed by atoms with van der Waals surface area (Å²) in [5.74, 6) is 0. The van der Waals surface area contributed by atoms with Crippen molar-refractivity contribution in [1.29, 1.82) is 0 Å². The molecule has 0 aliphatic carbocycles. The van der Waals surface area contributed by atoms with E-state index >= 15 is 0 Å². The van der Waals surface area contributed by atoms with E-state index in [1.807, 2.05) is 0 Å². The second-order valence-corrected chi connectivity index (χ2v) is 6.86. The summed E-state index contributed by atoms with van der Waals surface area (Å²) in [6, 6.07) is 18.0. The molecule has 0 atom stereocenters. The van der Waals surface area contributed by atoms with Crippen molar-refractivity contribution >= 4 is 11.4 Å². The van der Waals surface area contributed by atoms with E-state index in [0.717, 1.165) is 6.42 Å². The Kier molecular flexibility index (Phi) is 4.23. The number of benzene rings is 2. The van der Waals surface area contributed by atoms with Crippen LogP contribution in [0.3, 0.4) is 0 Å². The zero-order chi connectivity index (χ0) is 15.5. The Hall–Kier alpha value is -1.96. The Labute approximate surface area is 139 Å². The van der Waals surface area contributed by atoms with Crippen LogP contribution in [0.2, 0.25) is 0 Å². The SMILES string of the molecule is c1ccc(Cc2ccc(N3CCCC3)cc2N2CCCC2)cc1. The van der Waals surface area contributed by atoms with Crippen LogP contribution in [0.1, 0.15) is 36.8 Å². The van der Waals surface area contributed by atoms with Crippen LogP contribution < -0.4 is 9.80 Å². The molecule has 4 rings (SSSR count). The third-order valence-electron chi connectivity index (χ3n) is 5.22. The van der Waals surface area contributed by atoms with Crippen molar-refractivity contribution in [2.24, 2.45) is 0 Å². The molecule has 0 N–H and O–H groups in total. The van der Waals surface area contributed by atoms with Crippen molar-refractivity contribution in [3.8, 4) is 0 Å². The number of hydrogen-bond donors (Lipinski definition) is 0. The quantitative estimate of drug-likeness (QED) is 0.822. The lowest BCUT2D eigenvalue weighted by molar-refractivity contribution is 0.938. The Bertz CT molecular complexity index is 638. The van der Waals surface area contributed by atoms with Crippen molar-refractivity contribution < 1.29 is 0 Å². The third kappa shape index (κ3) is 3.21. The van der Waals surface area contributed by atoms with Crippen LogP contribution in [0.25, 0.3) is 0 Å². The summed E-state index contributed by atoms with van der Waals surface area (Å²) in [5.41, 5.74) is 5.76. The van der Waals surface area contributed by atoms with Gasteiger partial charge in [-0.1, -0.05) is 36.4 Å². The minimum atomic E-state index is 1.03. The molecule has 2 aliphatic heterocycles. The summed E-state index contributed by atoms with van der Waals surface area (Å²) in [6.07, 6.45) is 6.38. The zero-order valence-electron chi connectivity index (χ0n) is 13.9. The summed E-state index contributed by atoms with van der Waals surface area (Å²) in [6.45, 7) is 4.87. The van der Waals surface area contributed by atoms with Gasteiger partial charge in [0.1, 0.15) is 0 Å². The lowest BCUT2D eigenvalue weighted by Crippen LogP contribution is -2.22. The number of nitrogens with zero attached hydrogens (tertiary/aromatic N) is 2. The molecule has 2 aromatic carbocycles. The average Bonchev–Trinajstić information content (AvgIpc) is 3.30. The maximum absolute atomic E-state index is 2.60. The molecule has 0 spiro atoms. The predicted molar refractivity (Wildman–Crippen MR) is 98.6 cm³/mol. The monoisotopic (exact) mass is 306 g/mol. The van der Waals surface area contributed by atoms with Gasteiger partial charge in [0.25, 0.3) is 0 Å². The summed E-state index contributed by atoms with van der Waals surface area (Å²) in [5, 5.41) is 0. The normalized spacial score (nSPS) is 17.9. The van der Waals surface area contributed by atoms with E-state index in [1.54, 1.807) is 0 Å². The molecule has 2 heteroatoms. The molecule has 2 aromatic rings. The summed E-state index contributed by atoms with van der Waals surface area (Å²) >= 11 is 0. The minimum absolute atomic E-state index is 1.03. The van der Waals surface area contributed by atoms with Crippen LogP contribution in [0, 0.1) is 0 Å². The fraction of sp³-hybridized carbons (Fsp3) is 0.429. The molecule has 0 radical (unpaired) electrons. The summed E-state index contributed by atoms with van der Waals surface area (Å²) in [4.78, 5) is 5.14. The zero-order valence-corrected chi connectivity index (χ0v) is 13.9. The van der Waals surface area contributed by atoms with Gasteiger partial charge in [0, 0.05) is 37.6 Å². The molecule has 2 aliphatic rings. The molecule has 0 amide bonds. The highest BCUT2D eigenvalue weighted by Gasteiger charge is 2.19. The van der Waals surface area contributed by atoms with Gasteiger partial charge in [-0.3, -0.25) is 0 Å². The molecule has 2 nitrogen and oxygen atoms in total. The van der Waals surface area contributed by atoms with Crippen LogP contribution in [0.4, 0.5) is 11.4 Å². The van der Waals surface area contributed by atoms with Crippen LogP contribution in [-0.2, 0) is 6.42 Å². The highest BCUT2D eigenvalue weighted by Crippen LogP contribution is 2.32. The van der Waals surface area contributed by atoms with E-state index < -0.39 is 0 Å². The fourth-order valence-corrected chi connectivity index (χ4v) is 3.94. The van der Waals surface area contributed by atoms with Crippen LogP contribution in [0.5, 0.6) is 0 Å². The predicted octanol–water partition coefficient (Wildman–Crippen LogP) is 4.48. The largest absolute Gasteiger partial charge is 0.371 e. The highest BCUT2D eigenvalue weighted by molar-refractivity contribution is 5.65. The van der Waals surface area contributed by atoms with E-state index in [-0.39, 0.29) is 0 Å². The van der Waals surface area contributed by atoms with Crippen LogP contribution in [-0.4, -0.2) is 26.2 Å². The third-order valence-corrected chi connectivity index (χ3v) is 5.22. The first-order valence-electron chi connectivity index (χ1n) is 9.07. The maximum atomic E-state index is 2.60. The Morgan fingerprint density at radius 1 is 0.696 bits per heavy atom. The standard InChI is InChI=1S/C21H26N2/c1-2-8-18(9-3-1)16-19-10-11-20(22-12-4-5-13-22)17-21(19)23-14-6-7-15-23/h1-3,8-11,17H,4-7,12-16H2. The van der Waals surface area contributed by atoms with Crippen molar-refractivity contribution in [1.82, 2.24) is 0 Å². The van der Waals surface area contributed by atoms with Crippen LogP contribution in [0.15, 0.2) is 48.5 Å². The molecule has 2 heterocycles. The molecule has 0 saturated carbocycles. The molecule has 23 heavy (non-hydrogen) atoms. The molecule has 120 valence electrons. The molecular weight excluding hydrogens is 280 g/mol. The van der Waals surface area contributed by atoms with Crippen LogP contribution >= 0.6 is 0 Å². The summed E-state index contributed by atoms with van der Waals surface area (Å²) in [7, 11) is 0. The Morgan fingerprint density at radius 3 is 2.04 bits per heavy atom. The van der Waals surface area contributed by atoms with Gasteiger partial charge in [0.05, 0.1) is 0 Å². The van der Waals surface area contributed by atoms with Gasteiger partial charge >= 0.3 is 0 Å².